The van der Waals surface area contributed by atoms with E-state index in [9.17, 15) is 14.0 Å². The maximum Gasteiger partial charge on any atom is 0.263 e. The molecule has 1 aliphatic rings. The number of hydrogen-bond donors (Lipinski definition) is 0. The van der Waals surface area contributed by atoms with Crippen molar-refractivity contribution in [2.45, 2.75) is 25.3 Å². The van der Waals surface area contributed by atoms with Crippen molar-refractivity contribution in [2.75, 3.05) is 13.1 Å². The van der Waals surface area contributed by atoms with Crippen molar-refractivity contribution < 1.29 is 8.78 Å². The van der Waals surface area contributed by atoms with Crippen LogP contribution >= 0.6 is 0 Å². The number of rotatable bonds is 3. The lowest BCUT2D eigenvalue weighted by Gasteiger charge is -2.21. The van der Waals surface area contributed by atoms with Crippen LogP contribution in [0.1, 0.15) is 36.4 Å². The quantitative estimate of drug-likeness (QED) is 0.805. The molecule has 2 nitrogen and oxygen atoms in total. The average Bonchev–Trinajstić information content (AvgIpc) is 2.84. The van der Waals surface area contributed by atoms with Gasteiger partial charge in [0.2, 0.25) is 0 Å². The third kappa shape index (κ3) is 2.62. The van der Waals surface area contributed by atoms with E-state index in [2.05, 4.69) is 6.07 Å². The minimum Gasteiger partial charge on any atom is -0.284 e. The highest BCUT2D eigenvalue weighted by molar-refractivity contribution is 5.30. The average molecular weight is 236 g/mol. The van der Waals surface area contributed by atoms with Gasteiger partial charge in [0.25, 0.3) is 6.43 Å². The highest BCUT2D eigenvalue weighted by Gasteiger charge is 2.23. The van der Waals surface area contributed by atoms with E-state index in [1.807, 2.05) is 4.90 Å². The van der Waals surface area contributed by atoms with Crippen LogP contribution in [0.3, 0.4) is 0 Å². The molecule has 1 unspecified atom stereocenters. The topological polar surface area (TPSA) is 27.0 Å². The van der Waals surface area contributed by atoms with Crippen molar-refractivity contribution in [3.8, 4) is 6.07 Å². The van der Waals surface area contributed by atoms with Crippen LogP contribution in [0.5, 0.6) is 0 Å². The molecule has 1 fully saturated rings. The van der Waals surface area contributed by atoms with Gasteiger partial charge in [-0.15, -0.1) is 0 Å². The fraction of sp³-hybridized carbons (Fsp3) is 0.462. The zero-order valence-electron chi connectivity index (χ0n) is 9.44. The maximum absolute atomic E-state index is 12.6. The molecule has 1 saturated heterocycles. The molecule has 2 rings (SSSR count). The van der Waals surface area contributed by atoms with Crippen LogP contribution in [-0.4, -0.2) is 18.0 Å². The van der Waals surface area contributed by atoms with Gasteiger partial charge >= 0.3 is 0 Å². The van der Waals surface area contributed by atoms with E-state index in [4.69, 9.17) is 0 Å². The highest BCUT2D eigenvalue weighted by atomic mass is 19.3. The third-order valence-electron chi connectivity index (χ3n) is 3.11. The predicted octanol–water partition coefficient (Wildman–Crippen LogP) is 3.28. The second-order valence-electron chi connectivity index (χ2n) is 4.25. The SMILES string of the molecule is N#CC(c1cccc(C(F)F)c1)N1CCCC1. The van der Waals surface area contributed by atoms with Crippen LogP contribution in [0.2, 0.25) is 0 Å². The van der Waals surface area contributed by atoms with Gasteiger partial charge in [-0.25, -0.2) is 8.78 Å². The number of nitrogens with zero attached hydrogens (tertiary/aromatic N) is 2. The lowest BCUT2D eigenvalue weighted by atomic mass is 10.0. The largest absolute Gasteiger partial charge is 0.284 e. The standard InChI is InChI=1S/C13H14F2N2/c14-13(15)11-5-3-4-10(8-11)12(9-16)17-6-1-2-7-17/h3-5,8,12-13H,1-2,6-7H2. The Kier molecular flexibility index (Phi) is 3.70. The van der Waals surface area contributed by atoms with E-state index >= 15 is 0 Å². The summed E-state index contributed by atoms with van der Waals surface area (Å²) in [6.07, 6.45) is -0.327. The number of halogens is 2. The second kappa shape index (κ2) is 5.24. The molecule has 17 heavy (non-hydrogen) atoms. The molecule has 1 aromatic carbocycles. The first-order valence-corrected chi connectivity index (χ1v) is 5.74. The molecule has 0 bridgehead atoms. The molecule has 1 aliphatic heterocycles. The van der Waals surface area contributed by atoms with Crippen molar-refractivity contribution in [3.05, 3.63) is 35.4 Å². The molecule has 1 aromatic rings. The van der Waals surface area contributed by atoms with Crippen LogP contribution < -0.4 is 0 Å². The summed E-state index contributed by atoms with van der Waals surface area (Å²) >= 11 is 0. The van der Waals surface area contributed by atoms with Gasteiger partial charge in [0.05, 0.1) is 6.07 Å². The van der Waals surface area contributed by atoms with Crippen LogP contribution in [0.25, 0.3) is 0 Å². The minimum atomic E-state index is -2.48. The number of alkyl halides is 2. The zero-order valence-corrected chi connectivity index (χ0v) is 9.44. The van der Waals surface area contributed by atoms with Crippen molar-refractivity contribution in [3.63, 3.8) is 0 Å². The van der Waals surface area contributed by atoms with Gasteiger partial charge in [0.1, 0.15) is 6.04 Å². The summed E-state index contributed by atoms with van der Waals surface area (Å²) in [5, 5.41) is 9.19. The monoisotopic (exact) mass is 236 g/mol. The van der Waals surface area contributed by atoms with E-state index in [1.165, 1.54) is 12.1 Å². The molecule has 1 heterocycles. The van der Waals surface area contributed by atoms with Crippen LogP contribution in [0.15, 0.2) is 24.3 Å². The Morgan fingerprint density at radius 1 is 1.18 bits per heavy atom. The Balaban J connectivity index is 2.24. The predicted molar refractivity (Wildman–Crippen MR) is 60.6 cm³/mol. The summed E-state index contributed by atoms with van der Waals surface area (Å²) in [7, 11) is 0. The summed E-state index contributed by atoms with van der Waals surface area (Å²) in [5.74, 6) is 0. The Morgan fingerprint density at radius 2 is 1.82 bits per heavy atom. The smallest absolute Gasteiger partial charge is 0.263 e. The molecule has 0 spiro atoms. The van der Waals surface area contributed by atoms with Gasteiger partial charge in [-0.3, -0.25) is 4.90 Å². The van der Waals surface area contributed by atoms with Crippen molar-refractivity contribution in [2.24, 2.45) is 0 Å². The van der Waals surface area contributed by atoms with E-state index < -0.39 is 12.5 Å². The zero-order chi connectivity index (χ0) is 12.3. The number of benzene rings is 1. The summed E-state index contributed by atoms with van der Waals surface area (Å²) in [4.78, 5) is 2.05. The number of hydrogen-bond acceptors (Lipinski definition) is 2. The number of likely N-dealkylation sites (tertiary alicyclic amines) is 1. The van der Waals surface area contributed by atoms with Crippen molar-refractivity contribution in [1.82, 2.24) is 4.90 Å². The lowest BCUT2D eigenvalue weighted by molar-refractivity contribution is 0.151. The van der Waals surface area contributed by atoms with E-state index in [1.54, 1.807) is 12.1 Å². The van der Waals surface area contributed by atoms with Crippen molar-refractivity contribution in [1.29, 1.82) is 5.26 Å². The summed E-state index contributed by atoms with van der Waals surface area (Å²) in [6.45, 7) is 1.74. The fourth-order valence-corrected chi connectivity index (χ4v) is 2.23. The van der Waals surface area contributed by atoms with Gasteiger partial charge in [-0.05, 0) is 37.6 Å². The molecule has 0 saturated carbocycles. The van der Waals surface area contributed by atoms with Crippen molar-refractivity contribution >= 4 is 0 Å². The van der Waals surface area contributed by atoms with Crippen LogP contribution in [0.4, 0.5) is 8.78 Å². The molecule has 0 aromatic heterocycles. The van der Waals surface area contributed by atoms with Gasteiger partial charge in [0, 0.05) is 5.56 Å². The van der Waals surface area contributed by atoms with Crippen LogP contribution in [-0.2, 0) is 0 Å². The van der Waals surface area contributed by atoms with E-state index in [0.29, 0.717) is 5.56 Å². The second-order valence-corrected chi connectivity index (χ2v) is 4.25. The first-order chi connectivity index (χ1) is 8.22. The Morgan fingerprint density at radius 3 is 2.41 bits per heavy atom. The molecule has 4 heteroatoms. The summed E-state index contributed by atoms with van der Waals surface area (Å²) in [6, 6.07) is 7.99. The highest BCUT2D eigenvalue weighted by Crippen LogP contribution is 2.27. The molecule has 90 valence electrons. The maximum atomic E-state index is 12.6. The van der Waals surface area contributed by atoms with Gasteiger partial charge in [-0.2, -0.15) is 5.26 Å². The minimum absolute atomic E-state index is 0.0121. The first kappa shape index (κ1) is 12.0. The normalized spacial score (nSPS) is 18.2. The molecule has 1 atom stereocenters. The summed E-state index contributed by atoms with van der Waals surface area (Å²) < 4.78 is 25.2. The van der Waals surface area contributed by atoms with E-state index in [0.717, 1.165) is 25.9 Å². The molecular weight excluding hydrogens is 222 g/mol. The lowest BCUT2D eigenvalue weighted by Crippen LogP contribution is -2.24. The van der Waals surface area contributed by atoms with E-state index in [-0.39, 0.29) is 5.56 Å². The van der Waals surface area contributed by atoms with Gasteiger partial charge in [-0.1, -0.05) is 18.2 Å². The number of nitriles is 1. The summed E-state index contributed by atoms with van der Waals surface area (Å²) in [5.41, 5.74) is 0.661. The fourth-order valence-electron chi connectivity index (χ4n) is 2.23. The molecule has 0 radical (unpaired) electrons. The Labute approximate surface area is 99.5 Å². The third-order valence-corrected chi connectivity index (χ3v) is 3.11. The Hall–Kier alpha value is -1.47. The molecular formula is C13H14F2N2. The van der Waals surface area contributed by atoms with Crippen LogP contribution in [0, 0.1) is 11.3 Å². The molecule has 0 amide bonds. The first-order valence-electron chi connectivity index (χ1n) is 5.74. The van der Waals surface area contributed by atoms with Gasteiger partial charge < -0.3 is 0 Å². The molecule has 0 aliphatic carbocycles. The molecule has 0 N–H and O–H groups in total. The Bertz CT molecular complexity index is 420. The van der Waals surface area contributed by atoms with Gasteiger partial charge in [0.15, 0.2) is 0 Å².